The van der Waals surface area contributed by atoms with Crippen LogP contribution in [0.3, 0.4) is 0 Å². The molecular weight excluding hydrogens is 238 g/mol. The highest BCUT2D eigenvalue weighted by atomic mass is 16.3. The highest BCUT2D eigenvalue weighted by Crippen LogP contribution is 2.15. The fourth-order valence-electron chi connectivity index (χ4n) is 2.58. The smallest absolute Gasteiger partial charge is 0.0756 e. The summed E-state index contributed by atoms with van der Waals surface area (Å²) in [6, 6.07) is 0.375. The summed E-state index contributed by atoms with van der Waals surface area (Å²) in [7, 11) is 0. The van der Waals surface area contributed by atoms with Gasteiger partial charge < -0.3 is 20.6 Å². The molecule has 116 valence electrons. The Hall–Kier alpha value is -0.160. The molecule has 0 rings (SSSR count). The van der Waals surface area contributed by atoms with Gasteiger partial charge >= 0.3 is 0 Å². The van der Waals surface area contributed by atoms with E-state index in [1.807, 2.05) is 6.92 Å². The first kappa shape index (κ1) is 18.8. The summed E-state index contributed by atoms with van der Waals surface area (Å²) < 4.78 is 0. The van der Waals surface area contributed by atoms with E-state index >= 15 is 0 Å². The maximum atomic E-state index is 10.1. The first-order valence-corrected chi connectivity index (χ1v) is 7.79. The second kappa shape index (κ2) is 9.70. The molecular formula is C15H35N3O. The molecule has 0 heterocycles. The van der Waals surface area contributed by atoms with Crippen LogP contribution in [0.25, 0.3) is 0 Å². The Morgan fingerprint density at radius 2 is 1.68 bits per heavy atom. The van der Waals surface area contributed by atoms with E-state index in [2.05, 4.69) is 37.5 Å². The van der Waals surface area contributed by atoms with Gasteiger partial charge in [0.15, 0.2) is 0 Å². The molecule has 19 heavy (non-hydrogen) atoms. The van der Waals surface area contributed by atoms with Crippen LogP contribution in [-0.2, 0) is 0 Å². The van der Waals surface area contributed by atoms with Gasteiger partial charge in [-0.05, 0) is 59.4 Å². The van der Waals surface area contributed by atoms with E-state index in [9.17, 15) is 5.11 Å². The van der Waals surface area contributed by atoms with Crippen molar-refractivity contribution < 1.29 is 5.11 Å². The van der Waals surface area contributed by atoms with E-state index in [4.69, 9.17) is 5.73 Å². The van der Waals surface area contributed by atoms with Crippen molar-refractivity contribution in [1.82, 2.24) is 9.80 Å². The van der Waals surface area contributed by atoms with Gasteiger partial charge in [-0.1, -0.05) is 20.8 Å². The number of nitrogens with two attached hydrogens (primary N) is 1. The van der Waals surface area contributed by atoms with Crippen molar-refractivity contribution in [2.45, 2.75) is 59.1 Å². The summed E-state index contributed by atoms with van der Waals surface area (Å²) >= 11 is 0. The third kappa shape index (κ3) is 7.88. The zero-order valence-corrected chi connectivity index (χ0v) is 13.7. The predicted octanol–water partition coefficient (Wildman–Crippen LogP) is 1.53. The van der Waals surface area contributed by atoms with Gasteiger partial charge in [0.2, 0.25) is 0 Å². The normalized spacial score (nSPS) is 16.9. The Morgan fingerprint density at radius 1 is 1.11 bits per heavy atom. The van der Waals surface area contributed by atoms with Crippen molar-refractivity contribution in [1.29, 1.82) is 0 Å². The molecule has 0 radical (unpaired) electrons. The van der Waals surface area contributed by atoms with Gasteiger partial charge in [-0.2, -0.15) is 0 Å². The predicted molar refractivity (Wildman–Crippen MR) is 83.4 cm³/mol. The van der Waals surface area contributed by atoms with E-state index in [-0.39, 0.29) is 0 Å². The monoisotopic (exact) mass is 273 g/mol. The summed E-state index contributed by atoms with van der Waals surface area (Å²) in [6.45, 7) is 16.5. The van der Waals surface area contributed by atoms with Crippen LogP contribution < -0.4 is 5.73 Å². The van der Waals surface area contributed by atoms with E-state index < -0.39 is 5.60 Å². The molecule has 0 aromatic heterocycles. The van der Waals surface area contributed by atoms with Crippen LogP contribution in [0.5, 0.6) is 0 Å². The first-order chi connectivity index (χ1) is 8.90. The maximum absolute atomic E-state index is 10.1. The van der Waals surface area contributed by atoms with E-state index in [1.54, 1.807) is 0 Å². The molecule has 0 saturated carbocycles. The summed E-state index contributed by atoms with van der Waals surface area (Å²) in [5.74, 6) is 0. The second-order valence-electron chi connectivity index (χ2n) is 5.76. The van der Waals surface area contributed by atoms with Gasteiger partial charge in [-0.3, -0.25) is 0 Å². The molecule has 0 amide bonds. The second-order valence-corrected chi connectivity index (χ2v) is 5.76. The molecule has 0 aromatic rings. The summed E-state index contributed by atoms with van der Waals surface area (Å²) in [5, 5.41) is 10.1. The summed E-state index contributed by atoms with van der Waals surface area (Å²) in [4.78, 5) is 4.89. The molecule has 0 aliphatic carbocycles. The number of hydrogen-bond acceptors (Lipinski definition) is 4. The van der Waals surface area contributed by atoms with Gasteiger partial charge in [0.1, 0.15) is 0 Å². The van der Waals surface area contributed by atoms with Gasteiger partial charge in [0.05, 0.1) is 5.60 Å². The number of aliphatic hydroxyl groups is 1. The SMILES string of the molecule is CCN(CC)CCCN(CC)C(C)CC(C)(O)CN. The third-order valence-electron chi connectivity index (χ3n) is 4.02. The lowest BCUT2D eigenvalue weighted by Crippen LogP contribution is -2.44. The number of hydrogen-bond donors (Lipinski definition) is 2. The zero-order valence-electron chi connectivity index (χ0n) is 13.7. The van der Waals surface area contributed by atoms with Crippen molar-refractivity contribution in [3.63, 3.8) is 0 Å². The highest BCUT2D eigenvalue weighted by molar-refractivity contribution is 4.80. The van der Waals surface area contributed by atoms with Crippen LogP contribution in [0.2, 0.25) is 0 Å². The van der Waals surface area contributed by atoms with Crippen LogP contribution in [0.1, 0.15) is 47.5 Å². The average Bonchev–Trinajstić information content (AvgIpc) is 2.38. The van der Waals surface area contributed by atoms with Crippen molar-refractivity contribution in [3.8, 4) is 0 Å². The molecule has 2 unspecified atom stereocenters. The molecule has 0 bridgehead atoms. The third-order valence-corrected chi connectivity index (χ3v) is 4.02. The quantitative estimate of drug-likeness (QED) is 0.599. The average molecular weight is 273 g/mol. The molecule has 4 nitrogen and oxygen atoms in total. The van der Waals surface area contributed by atoms with E-state index in [0.29, 0.717) is 12.6 Å². The van der Waals surface area contributed by atoms with Gasteiger partial charge in [-0.15, -0.1) is 0 Å². The molecule has 0 saturated heterocycles. The maximum Gasteiger partial charge on any atom is 0.0756 e. The van der Waals surface area contributed by atoms with Crippen LogP contribution in [0.4, 0.5) is 0 Å². The Kier molecular flexibility index (Phi) is 9.62. The fourth-order valence-corrected chi connectivity index (χ4v) is 2.58. The van der Waals surface area contributed by atoms with Crippen LogP contribution >= 0.6 is 0 Å². The van der Waals surface area contributed by atoms with Crippen LogP contribution in [0, 0.1) is 0 Å². The molecule has 0 spiro atoms. The molecule has 0 aliphatic rings. The number of nitrogens with zero attached hydrogens (tertiary/aromatic N) is 2. The Labute approximate surface area is 120 Å². The van der Waals surface area contributed by atoms with Gasteiger partial charge in [0, 0.05) is 12.6 Å². The first-order valence-electron chi connectivity index (χ1n) is 7.79. The lowest BCUT2D eigenvalue weighted by atomic mass is 9.97. The van der Waals surface area contributed by atoms with Crippen molar-refractivity contribution in [2.75, 3.05) is 39.3 Å². The Morgan fingerprint density at radius 3 is 2.11 bits per heavy atom. The summed E-state index contributed by atoms with van der Waals surface area (Å²) in [5.41, 5.74) is 4.85. The Balaban J connectivity index is 4.12. The van der Waals surface area contributed by atoms with Gasteiger partial charge in [0.25, 0.3) is 0 Å². The lowest BCUT2D eigenvalue weighted by molar-refractivity contribution is 0.0290. The molecule has 2 atom stereocenters. The Bertz CT molecular complexity index is 217. The largest absolute Gasteiger partial charge is 0.389 e. The van der Waals surface area contributed by atoms with Gasteiger partial charge in [-0.25, -0.2) is 0 Å². The standard InChI is InChI=1S/C15H35N3O/c1-6-17(7-2)10-9-11-18(8-3)14(4)12-15(5,19)13-16/h14,19H,6-13,16H2,1-5H3. The molecule has 0 aromatic carbocycles. The molecule has 4 heteroatoms. The van der Waals surface area contributed by atoms with Crippen LogP contribution in [0.15, 0.2) is 0 Å². The minimum Gasteiger partial charge on any atom is -0.389 e. The molecule has 0 aliphatic heterocycles. The topological polar surface area (TPSA) is 52.7 Å². The number of rotatable bonds is 11. The highest BCUT2D eigenvalue weighted by Gasteiger charge is 2.24. The fraction of sp³-hybridized carbons (Fsp3) is 1.00. The molecule has 3 N–H and O–H groups in total. The minimum atomic E-state index is -0.744. The minimum absolute atomic E-state index is 0.328. The van der Waals surface area contributed by atoms with Crippen LogP contribution in [-0.4, -0.2) is 65.8 Å². The van der Waals surface area contributed by atoms with Crippen molar-refractivity contribution in [2.24, 2.45) is 5.73 Å². The van der Waals surface area contributed by atoms with Crippen molar-refractivity contribution >= 4 is 0 Å². The summed E-state index contributed by atoms with van der Waals surface area (Å²) in [6.07, 6.45) is 1.92. The lowest BCUT2D eigenvalue weighted by Gasteiger charge is -2.33. The zero-order chi connectivity index (χ0) is 14.9. The van der Waals surface area contributed by atoms with E-state index in [1.165, 1.54) is 6.42 Å². The van der Waals surface area contributed by atoms with Crippen molar-refractivity contribution in [3.05, 3.63) is 0 Å². The van der Waals surface area contributed by atoms with E-state index in [0.717, 1.165) is 39.1 Å². The molecule has 0 fully saturated rings.